The van der Waals surface area contributed by atoms with E-state index in [1.807, 2.05) is 36.4 Å². The summed E-state index contributed by atoms with van der Waals surface area (Å²) in [7, 11) is 1.54. The molecule has 8 heteroatoms. The Morgan fingerprint density at radius 2 is 1.67 bits per heavy atom. The quantitative estimate of drug-likeness (QED) is 0.220. The molecule has 4 rings (SSSR count). The second kappa shape index (κ2) is 11.9. The van der Waals surface area contributed by atoms with E-state index in [0.717, 1.165) is 10.5 Å². The van der Waals surface area contributed by atoms with Gasteiger partial charge in [0.1, 0.15) is 16.8 Å². The fourth-order valence-electron chi connectivity index (χ4n) is 3.44. The first kappa shape index (κ1) is 25.5. The fraction of sp³-hybridized carbons (Fsp3) is 0.0714. The van der Waals surface area contributed by atoms with Gasteiger partial charge in [0.15, 0.2) is 0 Å². The molecule has 36 heavy (non-hydrogen) atoms. The Balaban J connectivity index is 1.55. The van der Waals surface area contributed by atoms with Gasteiger partial charge in [-0.2, -0.15) is 0 Å². The molecule has 4 aromatic rings. The van der Waals surface area contributed by atoms with Crippen molar-refractivity contribution in [3.63, 3.8) is 0 Å². The molecule has 0 aliphatic heterocycles. The normalized spacial score (nSPS) is 11.4. The molecule has 0 heterocycles. The smallest absolute Gasteiger partial charge is 0.255 e. The number of carbonyl (C=O) groups is 2. The van der Waals surface area contributed by atoms with E-state index in [1.54, 1.807) is 55.6 Å². The topological polar surface area (TPSA) is 67.4 Å². The van der Waals surface area contributed by atoms with Crippen molar-refractivity contribution in [2.75, 3.05) is 17.7 Å². The van der Waals surface area contributed by atoms with Gasteiger partial charge in [-0.15, -0.1) is 11.8 Å². The Morgan fingerprint density at radius 3 is 2.42 bits per heavy atom. The van der Waals surface area contributed by atoms with Crippen molar-refractivity contribution in [1.29, 1.82) is 0 Å². The Kier molecular flexibility index (Phi) is 8.40. The summed E-state index contributed by atoms with van der Waals surface area (Å²) in [6.45, 7) is 0. The zero-order valence-electron chi connectivity index (χ0n) is 19.2. The van der Waals surface area contributed by atoms with E-state index in [9.17, 15) is 14.0 Å². The molecule has 0 saturated heterocycles. The molecular formula is C28H22BrFN2O3S. The third-order valence-electron chi connectivity index (χ3n) is 5.21. The number of ether oxygens (including phenoxy) is 1. The van der Waals surface area contributed by atoms with Crippen LogP contribution >= 0.6 is 27.7 Å². The van der Waals surface area contributed by atoms with E-state index in [0.29, 0.717) is 21.5 Å². The van der Waals surface area contributed by atoms with E-state index in [2.05, 4.69) is 26.6 Å². The number of anilines is 2. The molecule has 0 aromatic heterocycles. The van der Waals surface area contributed by atoms with E-state index in [1.165, 1.54) is 23.9 Å². The number of methoxy groups -OCH3 is 1. The fourth-order valence-corrected chi connectivity index (χ4v) is 4.86. The standard InChI is InChI=1S/C28H22BrFN2O3S/c1-35-22-11-5-9-19(15-22)27(33)31-21-10-6-12-23(17-21)36-26(18-7-3-2-4-8-18)28(34)32-25-14-13-20(29)16-24(25)30/h2-17,26H,1H3,(H,31,33)(H,32,34). The molecule has 182 valence electrons. The summed E-state index contributed by atoms with van der Waals surface area (Å²) in [5, 5.41) is 4.93. The Labute approximate surface area is 221 Å². The van der Waals surface area contributed by atoms with Crippen LogP contribution in [0.5, 0.6) is 5.75 Å². The lowest BCUT2D eigenvalue weighted by atomic mass is 10.1. The summed E-state index contributed by atoms with van der Waals surface area (Å²) < 4.78 is 20.1. The number of rotatable bonds is 8. The minimum absolute atomic E-state index is 0.101. The number of nitrogens with one attached hydrogen (secondary N) is 2. The van der Waals surface area contributed by atoms with Gasteiger partial charge >= 0.3 is 0 Å². The van der Waals surface area contributed by atoms with Crippen LogP contribution in [0.15, 0.2) is 106 Å². The van der Waals surface area contributed by atoms with Gasteiger partial charge in [0, 0.05) is 20.6 Å². The highest BCUT2D eigenvalue weighted by Crippen LogP contribution is 2.37. The van der Waals surface area contributed by atoms with Crippen LogP contribution in [-0.2, 0) is 4.79 Å². The molecule has 0 aliphatic rings. The molecule has 5 nitrogen and oxygen atoms in total. The predicted molar refractivity (Wildman–Crippen MR) is 145 cm³/mol. The molecule has 0 spiro atoms. The van der Waals surface area contributed by atoms with Crippen LogP contribution in [0.2, 0.25) is 0 Å². The summed E-state index contributed by atoms with van der Waals surface area (Å²) in [5.41, 5.74) is 1.91. The number of hydrogen-bond acceptors (Lipinski definition) is 4. The van der Waals surface area contributed by atoms with Crippen LogP contribution in [0.4, 0.5) is 15.8 Å². The van der Waals surface area contributed by atoms with Gasteiger partial charge in [-0.25, -0.2) is 4.39 Å². The van der Waals surface area contributed by atoms with Crippen molar-refractivity contribution in [2.24, 2.45) is 0 Å². The highest BCUT2D eigenvalue weighted by atomic mass is 79.9. The molecule has 0 radical (unpaired) electrons. The molecule has 4 aromatic carbocycles. The average molecular weight is 565 g/mol. The van der Waals surface area contributed by atoms with Crippen molar-refractivity contribution < 1.29 is 18.7 Å². The number of benzene rings is 4. The van der Waals surface area contributed by atoms with Gasteiger partial charge in [-0.05, 0) is 60.2 Å². The number of hydrogen-bond donors (Lipinski definition) is 2. The summed E-state index contributed by atoms with van der Waals surface area (Å²) in [6.07, 6.45) is 0. The summed E-state index contributed by atoms with van der Waals surface area (Å²) in [4.78, 5) is 26.8. The van der Waals surface area contributed by atoms with Crippen molar-refractivity contribution in [1.82, 2.24) is 0 Å². The van der Waals surface area contributed by atoms with Gasteiger partial charge in [0.2, 0.25) is 5.91 Å². The highest BCUT2D eigenvalue weighted by Gasteiger charge is 2.23. The lowest BCUT2D eigenvalue weighted by molar-refractivity contribution is -0.115. The van der Waals surface area contributed by atoms with E-state index < -0.39 is 11.1 Å². The molecule has 0 fully saturated rings. The van der Waals surface area contributed by atoms with Crippen LogP contribution in [0.25, 0.3) is 0 Å². The molecule has 1 atom stereocenters. The molecule has 0 bridgehead atoms. The summed E-state index contributed by atoms with van der Waals surface area (Å²) >= 11 is 4.53. The zero-order valence-corrected chi connectivity index (χ0v) is 21.6. The van der Waals surface area contributed by atoms with Gasteiger partial charge < -0.3 is 15.4 Å². The lowest BCUT2D eigenvalue weighted by Gasteiger charge is -2.18. The number of thioether (sulfide) groups is 1. The van der Waals surface area contributed by atoms with Crippen LogP contribution in [0.1, 0.15) is 21.2 Å². The number of carbonyl (C=O) groups excluding carboxylic acids is 2. The van der Waals surface area contributed by atoms with Crippen LogP contribution in [0.3, 0.4) is 0 Å². The van der Waals surface area contributed by atoms with Gasteiger partial charge in [0.25, 0.3) is 5.91 Å². The molecule has 0 aliphatic carbocycles. The molecule has 2 amide bonds. The van der Waals surface area contributed by atoms with E-state index in [4.69, 9.17) is 4.74 Å². The van der Waals surface area contributed by atoms with Gasteiger partial charge in [-0.1, -0.05) is 58.4 Å². The monoisotopic (exact) mass is 564 g/mol. The first-order chi connectivity index (χ1) is 17.4. The Morgan fingerprint density at radius 1 is 0.889 bits per heavy atom. The SMILES string of the molecule is COc1cccc(C(=O)Nc2cccc(SC(C(=O)Nc3ccc(Br)cc3F)c3ccccc3)c2)c1. The maximum Gasteiger partial charge on any atom is 0.255 e. The van der Waals surface area contributed by atoms with Gasteiger partial charge in [-0.3, -0.25) is 9.59 Å². The number of halogens is 2. The zero-order chi connectivity index (χ0) is 25.5. The van der Waals surface area contributed by atoms with Crippen molar-refractivity contribution in [3.05, 3.63) is 118 Å². The minimum Gasteiger partial charge on any atom is -0.497 e. The van der Waals surface area contributed by atoms with Crippen LogP contribution < -0.4 is 15.4 Å². The van der Waals surface area contributed by atoms with E-state index in [-0.39, 0.29) is 17.5 Å². The maximum absolute atomic E-state index is 14.4. The molecular weight excluding hydrogens is 543 g/mol. The average Bonchev–Trinajstić information content (AvgIpc) is 2.89. The third kappa shape index (κ3) is 6.53. The summed E-state index contributed by atoms with van der Waals surface area (Å²) in [5.74, 6) is -0.583. The number of amides is 2. The molecule has 0 saturated carbocycles. The first-order valence-electron chi connectivity index (χ1n) is 11.0. The second-order valence-corrected chi connectivity index (χ2v) is 9.83. The largest absolute Gasteiger partial charge is 0.497 e. The maximum atomic E-state index is 14.4. The third-order valence-corrected chi connectivity index (χ3v) is 6.95. The lowest BCUT2D eigenvalue weighted by Crippen LogP contribution is -2.19. The highest BCUT2D eigenvalue weighted by molar-refractivity contribution is 9.10. The predicted octanol–water partition coefficient (Wildman–Crippen LogP) is 7.32. The molecule has 1 unspecified atom stereocenters. The summed E-state index contributed by atoms with van der Waals surface area (Å²) in [6, 6.07) is 27.8. The minimum atomic E-state index is -0.654. The van der Waals surface area contributed by atoms with E-state index >= 15 is 0 Å². The van der Waals surface area contributed by atoms with Crippen molar-refractivity contribution >= 4 is 50.9 Å². The van der Waals surface area contributed by atoms with Crippen LogP contribution in [0, 0.1) is 5.82 Å². The Hall–Kier alpha value is -3.62. The molecule has 2 N–H and O–H groups in total. The van der Waals surface area contributed by atoms with Crippen molar-refractivity contribution in [3.8, 4) is 5.75 Å². The van der Waals surface area contributed by atoms with Crippen LogP contribution in [-0.4, -0.2) is 18.9 Å². The van der Waals surface area contributed by atoms with Crippen molar-refractivity contribution in [2.45, 2.75) is 10.1 Å². The Bertz CT molecular complexity index is 1380. The first-order valence-corrected chi connectivity index (χ1v) is 12.6. The second-order valence-electron chi connectivity index (χ2n) is 7.74. The van der Waals surface area contributed by atoms with Gasteiger partial charge in [0.05, 0.1) is 12.8 Å².